The summed E-state index contributed by atoms with van der Waals surface area (Å²) in [5.74, 6) is 1.63. The van der Waals surface area contributed by atoms with Crippen LogP contribution in [-0.4, -0.2) is 20.7 Å². The Balaban J connectivity index is 1.89. The Bertz CT molecular complexity index is 1000. The van der Waals surface area contributed by atoms with Crippen LogP contribution in [0.5, 0.6) is 5.75 Å². The van der Waals surface area contributed by atoms with Crippen molar-refractivity contribution in [3.05, 3.63) is 59.0 Å². The van der Waals surface area contributed by atoms with Gasteiger partial charge in [0.2, 0.25) is 0 Å². The van der Waals surface area contributed by atoms with Crippen molar-refractivity contribution in [2.45, 2.75) is 25.8 Å². The standard InChI is InChI=1S/C22H23NO2Si/c1-3-26-16-10-11-21(25-14-15-8-9-15)19(12-16)20-13-23(2)22(24)18-7-5-4-6-17(18)20/h4-7,10-13,15H,3,8-9,14H2,1-2H3. The zero-order valence-electron chi connectivity index (χ0n) is 15.3. The van der Waals surface area contributed by atoms with Crippen LogP contribution in [0.4, 0.5) is 0 Å². The largest absolute Gasteiger partial charge is 0.493 e. The average Bonchev–Trinajstić information content (AvgIpc) is 3.48. The van der Waals surface area contributed by atoms with Crippen LogP contribution in [0.15, 0.2) is 53.5 Å². The number of hydrogen-bond donors (Lipinski definition) is 0. The number of fused-ring (bicyclic) bond motifs is 1. The van der Waals surface area contributed by atoms with E-state index in [9.17, 15) is 4.79 Å². The lowest BCUT2D eigenvalue weighted by Gasteiger charge is -2.16. The second-order valence-corrected chi connectivity index (χ2v) is 8.64. The number of benzene rings is 2. The first-order chi connectivity index (χ1) is 12.7. The van der Waals surface area contributed by atoms with Gasteiger partial charge >= 0.3 is 0 Å². The Labute approximate surface area is 156 Å². The Hall–Kier alpha value is -2.33. The molecule has 26 heavy (non-hydrogen) atoms. The molecule has 0 amide bonds. The van der Waals surface area contributed by atoms with Crippen molar-refractivity contribution in [3.8, 4) is 16.9 Å². The van der Waals surface area contributed by atoms with E-state index in [0.29, 0.717) is 5.92 Å². The molecule has 0 bridgehead atoms. The third-order valence-electron chi connectivity index (χ3n) is 4.91. The molecule has 1 heterocycles. The molecule has 1 saturated carbocycles. The van der Waals surface area contributed by atoms with E-state index in [1.165, 1.54) is 18.0 Å². The number of aryl methyl sites for hydroxylation is 1. The molecule has 3 nitrogen and oxygen atoms in total. The predicted molar refractivity (Wildman–Crippen MR) is 109 cm³/mol. The second-order valence-electron chi connectivity index (χ2n) is 7.00. The highest BCUT2D eigenvalue weighted by Crippen LogP contribution is 2.35. The summed E-state index contributed by atoms with van der Waals surface area (Å²) in [6.07, 6.45) is 4.49. The lowest BCUT2D eigenvalue weighted by atomic mass is 10.00. The molecule has 1 aromatic heterocycles. The minimum absolute atomic E-state index is 0.0383. The van der Waals surface area contributed by atoms with Gasteiger partial charge in [0, 0.05) is 29.8 Å². The number of hydrogen-bond acceptors (Lipinski definition) is 2. The van der Waals surface area contributed by atoms with Gasteiger partial charge in [0.25, 0.3) is 5.56 Å². The van der Waals surface area contributed by atoms with E-state index in [0.717, 1.165) is 49.8 Å². The maximum absolute atomic E-state index is 12.5. The maximum Gasteiger partial charge on any atom is 0.258 e. The maximum atomic E-state index is 12.5. The van der Waals surface area contributed by atoms with Crippen molar-refractivity contribution in [2.75, 3.05) is 6.61 Å². The van der Waals surface area contributed by atoms with E-state index >= 15 is 0 Å². The second kappa shape index (κ2) is 7.12. The monoisotopic (exact) mass is 361 g/mol. The molecule has 0 saturated heterocycles. The van der Waals surface area contributed by atoms with Crippen LogP contribution in [0.3, 0.4) is 0 Å². The molecule has 132 valence electrons. The van der Waals surface area contributed by atoms with E-state index in [1.54, 1.807) is 4.57 Å². The number of aromatic nitrogens is 1. The van der Waals surface area contributed by atoms with Crippen LogP contribution in [-0.2, 0) is 7.05 Å². The Kier molecular flexibility index (Phi) is 4.68. The van der Waals surface area contributed by atoms with Crippen molar-refractivity contribution in [2.24, 2.45) is 13.0 Å². The van der Waals surface area contributed by atoms with Crippen LogP contribution >= 0.6 is 0 Å². The van der Waals surface area contributed by atoms with Crippen LogP contribution in [0, 0.1) is 5.92 Å². The normalized spacial score (nSPS) is 13.9. The minimum atomic E-state index is 0.0383. The van der Waals surface area contributed by atoms with E-state index in [1.807, 2.05) is 37.5 Å². The summed E-state index contributed by atoms with van der Waals surface area (Å²) < 4.78 is 7.86. The van der Waals surface area contributed by atoms with Crippen LogP contribution in [0.1, 0.15) is 19.8 Å². The first-order valence-corrected chi connectivity index (χ1v) is 10.5. The Morgan fingerprint density at radius 2 is 1.88 bits per heavy atom. The van der Waals surface area contributed by atoms with Crippen molar-refractivity contribution >= 4 is 25.5 Å². The first kappa shape index (κ1) is 17.1. The van der Waals surface area contributed by atoms with Gasteiger partial charge in [0.05, 0.1) is 16.1 Å². The fourth-order valence-corrected chi connectivity index (χ4v) is 4.16. The number of pyridine rings is 1. The van der Waals surface area contributed by atoms with Crippen molar-refractivity contribution in [3.63, 3.8) is 0 Å². The highest BCUT2D eigenvalue weighted by molar-refractivity contribution is 6.53. The number of rotatable bonds is 6. The Morgan fingerprint density at radius 1 is 1.12 bits per heavy atom. The summed E-state index contributed by atoms with van der Waals surface area (Å²) in [6.45, 7) is 2.99. The predicted octanol–water partition coefficient (Wildman–Crippen LogP) is 3.76. The zero-order chi connectivity index (χ0) is 18.1. The molecule has 2 aromatic carbocycles. The lowest BCUT2D eigenvalue weighted by Crippen LogP contribution is -2.17. The molecule has 0 spiro atoms. The van der Waals surface area contributed by atoms with Gasteiger partial charge in [-0.25, -0.2) is 0 Å². The van der Waals surface area contributed by atoms with Gasteiger partial charge in [-0.15, -0.1) is 0 Å². The summed E-state index contributed by atoms with van der Waals surface area (Å²) in [4.78, 5) is 12.5. The SMILES string of the molecule is CC[Si]c1ccc(OCC2CC2)c(-c2cn(C)c(=O)c3ccccc23)c1. The number of ether oxygens (including phenoxy) is 1. The summed E-state index contributed by atoms with van der Waals surface area (Å²) >= 11 is 0. The molecule has 1 aliphatic carbocycles. The smallest absolute Gasteiger partial charge is 0.258 e. The summed E-state index contributed by atoms with van der Waals surface area (Å²) in [6, 6.07) is 15.5. The third-order valence-corrected chi connectivity index (χ3v) is 5.99. The number of nitrogens with zero attached hydrogens (tertiary/aromatic N) is 1. The van der Waals surface area contributed by atoms with E-state index in [-0.39, 0.29) is 5.56 Å². The summed E-state index contributed by atoms with van der Waals surface area (Å²) in [7, 11) is 2.60. The van der Waals surface area contributed by atoms with Gasteiger partial charge < -0.3 is 9.30 Å². The topological polar surface area (TPSA) is 31.2 Å². The molecule has 3 aromatic rings. The van der Waals surface area contributed by atoms with Crippen molar-refractivity contribution in [1.29, 1.82) is 0 Å². The molecule has 4 rings (SSSR count). The fraction of sp³-hybridized carbons (Fsp3) is 0.318. The quantitative estimate of drug-likeness (QED) is 0.626. The van der Waals surface area contributed by atoms with Gasteiger partial charge in [-0.2, -0.15) is 0 Å². The van der Waals surface area contributed by atoms with Crippen LogP contribution in [0.2, 0.25) is 6.04 Å². The molecule has 4 heteroatoms. The van der Waals surface area contributed by atoms with E-state index < -0.39 is 0 Å². The molecule has 1 fully saturated rings. The first-order valence-electron chi connectivity index (χ1n) is 9.27. The molecule has 1 aliphatic rings. The molecule has 0 unspecified atom stereocenters. The molecular weight excluding hydrogens is 338 g/mol. The van der Waals surface area contributed by atoms with Crippen molar-refractivity contribution in [1.82, 2.24) is 4.57 Å². The van der Waals surface area contributed by atoms with Gasteiger partial charge in [-0.1, -0.05) is 48.5 Å². The van der Waals surface area contributed by atoms with Crippen molar-refractivity contribution < 1.29 is 4.74 Å². The summed E-state index contributed by atoms with van der Waals surface area (Å²) in [5, 5.41) is 3.08. The zero-order valence-corrected chi connectivity index (χ0v) is 16.3. The molecule has 0 aliphatic heterocycles. The van der Waals surface area contributed by atoms with Gasteiger partial charge in [0.1, 0.15) is 5.75 Å². The highest BCUT2D eigenvalue weighted by Gasteiger charge is 2.23. The Morgan fingerprint density at radius 3 is 2.62 bits per heavy atom. The molecule has 0 N–H and O–H groups in total. The third kappa shape index (κ3) is 3.34. The van der Waals surface area contributed by atoms with Gasteiger partial charge in [-0.3, -0.25) is 4.79 Å². The van der Waals surface area contributed by atoms with Crippen LogP contribution < -0.4 is 15.5 Å². The van der Waals surface area contributed by atoms with Crippen LogP contribution in [0.25, 0.3) is 21.9 Å². The van der Waals surface area contributed by atoms with Gasteiger partial charge in [-0.05, 0) is 36.3 Å². The fourth-order valence-electron chi connectivity index (χ4n) is 3.30. The van der Waals surface area contributed by atoms with Gasteiger partial charge in [0.15, 0.2) is 0 Å². The highest BCUT2D eigenvalue weighted by atomic mass is 28.2. The van der Waals surface area contributed by atoms with E-state index in [2.05, 4.69) is 25.1 Å². The molecule has 2 radical (unpaired) electrons. The minimum Gasteiger partial charge on any atom is -0.493 e. The molecular formula is C22H23NO2Si. The lowest BCUT2D eigenvalue weighted by molar-refractivity contribution is 0.301. The summed E-state index contributed by atoms with van der Waals surface area (Å²) in [5.41, 5.74) is 2.20. The average molecular weight is 362 g/mol. The van der Waals surface area contributed by atoms with E-state index in [4.69, 9.17) is 4.74 Å². The molecule has 0 atom stereocenters.